The number of methoxy groups -OCH3 is 1. The van der Waals surface area contributed by atoms with Crippen LogP contribution in [-0.4, -0.2) is 17.9 Å². The Kier molecular flexibility index (Phi) is 5.90. The first kappa shape index (κ1) is 20.0. The third-order valence-corrected chi connectivity index (χ3v) is 5.73. The largest absolute Gasteiger partial charge is 0.508 e. The maximum absolute atomic E-state index is 10.4. The molecule has 29 heavy (non-hydrogen) atoms. The van der Waals surface area contributed by atoms with Crippen LogP contribution in [0.25, 0.3) is 0 Å². The number of para-hydroxylation sites is 1. The molecule has 0 saturated carbocycles. The third kappa shape index (κ3) is 4.32. The van der Waals surface area contributed by atoms with E-state index in [4.69, 9.17) is 21.3 Å². The molecule has 0 aromatic heterocycles. The van der Waals surface area contributed by atoms with Crippen molar-refractivity contribution >= 4 is 33.2 Å². The number of hydrogen-bond acceptors (Lipinski definition) is 4. The van der Waals surface area contributed by atoms with Gasteiger partial charge in [-0.1, -0.05) is 57.9 Å². The highest BCUT2D eigenvalue weighted by Crippen LogP contribution is 2.37. The Balaban J connectivity index is 1.82. The van der Waals surface area contributed by atoms with E-state index in [2.05, 4.69) is 21.2 Å². The van der Waals surface area contributed by atoms with Gasteiger partial charge in [-0.25, -0.2) is 0 Å². The second-order valence-corrected chi connectivity index (χ2v) is 8.21. The fourth-order valence-corrected chi connectivity index (χ4v) is 4.18. The number of nitrogens with one attached hydrogen (secondary N) is 1. The number of aliphatic imine (C=N–C) groups is 1. The lowest BCUT2D eigenvalue weighted by Crippen LogP contribution is -2.33. The molecule has 0 aliphatic carbocycles. The molecule has 2 N–H and O–H groups in total. The lowest BCUT2D eigenvalue weighted by Gasteiger charge is -2.31. The van der Waals surface area contributed by atoms with Crippen molar-refractivity contribution in [1.29, 1.82) is 0 Å². The van der Waals surface area contributed by atoms with Crippen LogP contribution in [0.1, 0.15) is 35.3 Å². The van der Waals surface area contributed by atoms with Crippen LogP contribution in [0.15, 0.2) is 76.2 Å². The van der Waals surface area contributed by atoms with Crippen molar-refractivity contribution in [3.63, 3.8) is 0 Å². The molecule has 148 valence electrons. The summed E-state index contributed by atoms with van der Waals surface area (Å²) in [6.45, 7) is 0. The van der Waals surface area contributed by atoms with E-state index < -0.39 is 0 Å². The topological polar surface area (TPSA) is 53.9 Å². The van der Waals surface area contributed by atoms with Crippen LogP contribution in [0.2, 0.25) is 5.02 Å². The van der Waals surface area contributed by atoms with Gasteiger partial charge in [-0.05, 0) is 42.0 Å². The molecule has 0 amide bonds. The monoisotopic (exact) mass is 470 g/mol. The number of benzene rings is 3. The summed E-state index contributed by atoms with van der Waals surface area (Å²) in [5.41, 5.74) is 3.65. The number of hydrogen-bond donors (Lipinski definition) is 2. The van der Waals surface area contributed by atoms with Crippen molar-refractivity contribution in [3.05, 3.63) is 92.9 Å². The van der Waals surface area contributed by atoms with Gasteiger partial charge in [0, 0.05) is 38.8 Å². The zero-order chi connectivity index (χ0) is 20.4. The molecule has 1 aliphatic heterocycles. The summed E-state index contributed by atoms with van der Waals surface area (Å²) >= 11 is 9.77. The Hall–Kier alpha value is -2.34. The summed E-state index contributed by atoms with van der Waals surface area (Å²) in [5, 5.41) is 14.7. The number of halogens is 2. The van der Waals surface area contributed by atoms with Crippen molar-refractivity contribution in [2.45, 2.75) is 18.6 Å². The first-order valence-corrected chi connectivity index (χ1v) is 10.4. The van der Waals surface area contributed by atoms with E-state index in [1.165, 1.54) is 0 Å². The lowest BCUT2D eigenvalue weighted by atomic mass is 9.93. The van der Waals surface area contributed by atoms with Crippen molar-refractivity contribution in [1.82, 2.24) is 5.32 Å². The van der Waals surface area contributed by atoms with E-state index in [1.807, 2.05) is 60.7 Å². The molecule has 0 bridgehead atoms. The number of nitrogens with zero attached hydrogens (tertiary/aromatic N) is 1. The average molecular weight is 472 g/mol. The molecule has 4 nitrogen and oxygen atoms in total. The summed E-state index contributed by atoms with van der Waals surface area (Å²) in [4.78, 5) is 4.98. The normalized spacial score (nSPS) is 18.9. The fraction of sp³-hybridized carbons (Fsp3) is 0.174. The van der Waals surface area contributed by atoms with Gasteiger partial charge in [0.25, 0.3) is 0 Å². The Morgan fingerprint density at radius 2 is 1.90 bits per heavy atom. The molecule has 3 aromatic carbocycles. The molecule has 0 unspecified atom stereocenters. The van der Waals surface area contributed by atoms with E-state index in [-0.39, 0.29) is 18.0 Å². The van der Waals surface area contributed by atoms with Crippen molar-refractivity contribution in [2.24, 2.45) is 4.99 Å². The standard InChI is InChI=1S/C23H20BrClN2O2/c1-29-22-10-9-15(24)12-18(22)23-26-19(14-5-4-6-16(25)11-14)13-20(27-23)17-7-2-3-8-21(17)28/h2-12,20,23,27-28H,13H2,1H3/t20-,23+/m0/s1. The number of ether oxygens (including phenoxy) is 1. The van der Waals surface area contributed by atoms with Crippen molar-refractivity contribution < 1.29 is 9.84 Å². The van der Waals surface area contributed by atoms with Crippen LogP contribution in [-0.2, 0) is 0 Å². The predicted molar refractivity (Wildman–Crippen MR) is 120 cm³/mol. The van der Waals surface area contributed by atoms with Crippen molar-refractivity contribution in [3.8, 4) is 11.5 Å². The molecular weight excluding hydrogens is 452 g/mol. The molecule has 2 atom stereocenters. The van der Waals surface area contributed by atoms with E-state index in [0.717, 1.165) is 32.6 Å². The molecule has 4 rings (SSSR count). The number of aromatic hydroxyl groups is 1. The minimum absolute atomic E-state index is 0.114. The second-order valence-electron chi connectivity index (χ2n) is 6.86. The van der Waals surface area contributed by atoms with Crippen LogP contribution in [0.4, 0.5) is 0 Å². The molecule has 6 heteroatoms. The zero-order valence-corrected chi connectivity index (χ0v) is 18.1. The van der Waals surface area contributed by atoms with Gasteiger partial charge >= 0.3 is 0 Å². The smallest absolute Gasteiger partial charge is 0.130 e. The zero-order valence-electron chi connectivity index (χ0n) is 15.8. The van der Waals surface area contributed by atoms with Crippen LogP contribution >= 0.6 is 27.5 Å². The number of rotatable bonds is 4. The summed E-state index contributed by atoms with van der Waals surface area (Å²) in [6.07, 6.45) is 0.292. The third-order valence-electron chi connectivity index (χ3n) is 5.00. The van der Waals surface area contributed by atoms with E-state index in [1.54, 1.807) is 13.2 Å². The summed E-state index contributed by atoms with van der Waals surface area (Å²) in [5.74, 6) is 1.01. The van der Waals surface area contributed by atoms with Crippen molar-refractivity contribution in [2.75, 3.05) is 7.11 Å². The van der Waals surface area contributed by atoms with Crippen LogP contribution in [0, 0.1) is 0 Å². The summed E-state index contributed by atoms with van der Waals surface area (Å²) in [7, 11) is 1.65. The second kappa shape index (κ2) is 8.57. The first-order chi connectivity index (χ1) is 14.0. The molecular formula is C23H20BrClN2O2. The quantitative estimate of drug-likeness (QED) is 0.488. The van der Waals surface area contributed by atoms with Gasteiger partial charge < -0.3 is 9.84 Å². The molecule has 0 radical (unpaired) electrons. The highest BCUT2D eigenvalue weighted by molar-refractivity contribution is 9.10. The van der Waals surface area contributed by atoms with Gasteiger partial charge in [0.05, 0.1) is 7.11 Å². The SMILES string of the molecule is COc1ccc(Br)cc1[C@@H]1N=C(c2cccc(Cl)c2)C[C@@H](c2ccccc2O)N1. The van der Waals surface area contributed by atoms with Crippen LogP contribution < -0.4 is 10.1 Å². The molecule has 1 heterocycles. The Morgan fingerprint density at radius 3 is 2.66 bits per heavy atom. The van der Waals surface area contributed by atoms with Gasteiger partial charge in [-0.15, -0.1) is 0 Å². The minimum Gasteiger partial charge on any atom is -0.508 e. The van der Waals surface area contributed by atoms with Gasteiger partial charge in [0.1, 0.15) is 17.7 Å². The maximum Gasteiger partial charge on any atom is 0.130 e. The minimum atomic E-state index is -0.338. The maximum atomic E-state index is 10.4. The molecule has 1 aliphatic rings. The van der Waals surface area contributed by atoms with Crippen LogP contribution in [0.5, 0.6) is 11.5 Å². The summed E-state index contributed by atoms with van der Waals surface area (Å²) in [6, 6.07) is 20.8. The van der Waals surface area contributed by atoms with Gasteiger partial charge in [-0.3, -0.25) is 10.3 Å². The van der Waals surface area contributed by atoms with E-state index >= 15 is 0 Å². The Morgan fingerprint density at radius 1 is 1.07 bits per heavy atom. The Labute approximate surface area is 183 Å². The average Bonchev–Trinajstić information content (AvgIpc) is 2.74. The van der Waals surface area contributed by atoms with E-state index in [9.17, 15) is 5.11 Å². The van der Waals surface area contributed by atoms with Crippen LogP contribution in [0.3, 0.4) is 0 Å². The fourth-order valence-electron chi connectivity index (χ4n) is 3.61. The molecule has 3 aromatic rings. The van der Waals surface area contributed by atoms with Gasteiger partial charge in [0.15, 0.2) is 0 Å². The molecule has 0 spiro atoms. The number of phenolic OH excluding ortho intramolecular Hbond substituents is 1. The lowest BCUT2D eigenvalue weighted by molar-refractivity contribution is 0.381. The summed E-state index contributed by atoms with van der Waals surface area (Å²) < 4.78 is 6.52. The Bertz CT molecular complexity index is 1070. The van der Waals surface area contributed by atoms with Gasteiger partial charge in [-0.2, -0.15) is 0 Å². The highest BCUT2D eigenvalue weighted by atomic mass is 79.9. The highest BCUT2D eigenvalue weighted by Gasteiger charge is 2.29. The van der Waals surface area contributed by atoms with E-state index in [0.29, 0.717) is 11.4 Å². The predicted octanol–water partition coefficient (Wildman–Crippen LogP) is 6.04. The first-order valence-electron chi connectivity index (χ1n) is 9.25. The molecule has 0 saturated heterocycles. The van der Waals surface area contributed by atoms with Gasteiger partial charge in [0.2, 0.25) is 0 Å². The molecule has 0 fully saturated rings. The number of phenols is 1.